The van der Waals surface area contributed by atoms with Crippen LogP contribution >= 0.6 is 0 Å². The fraction of sp³-hybridized carbons (Fsp3) is 0.636. The van der Waals surface area contributed by atoms with E-state index in [1.807, 2.05) is 6.92 Å². The third kappa shape index (κ3) is 3.75. The number of hydrogen-bond donors (Lipinski definition) is 1. The van der Waals surface area contributed by atoms with Crippen LogP contribution in [0, 0.1) is 13.8 Å². The Morgan fingerprint density at radius 3 is 2.62 bits per heavy atom. The van der Waals surface area contributed by atoms with Crippen molar-refractivity contribution >= 4 is 0 Å². The molecule has 1 aromatic heterocycles. The number of nitrogens with one attached hydrogen (secondary N) is 1. The van der Waals surface area contributed by atoms with Crippen LogP contribution in [0.2, 0.25) is 0 Å². The number of rotatable bonds is 6. The van der Waals surface area contributed by atoms with E-state index in [2.05, 4.69) is 9.97 Å². The van der Waals surface area contributed by atoms with E-state index in [1.54, 1.807) is 14.0 Å². The van der Waals surface area contributed by atoms with Crippen LogP contribution in [0.3, 0.4) is 0 Å². The second-order valence-corrected chi connectivity index (χ2v) is 3.58. The van der Waals surface area contributed by atoms with Gasteiger partial charge in [0.25, 0.3) is 5.56 Å². The molecule has 0 amide bonds. The Morgan fingerprint density at radius 2 is 2.00 bits per heavy atom. The largest absolute Gasteiger partial charge is 0.382 e. The first-order valence-electron chi connectivity index (χ1n) is 5.28. The van der Waals surface area contributed by atoms with E-state index in [0.29, 0.717) is 37.6 Å². The van der Waals surface area contributed by atoms with Crippen molar-refractivity contribution in [2.45, 2.75) is 20.3 Å². The predicted molar refractivity (Wildman–Crippen MR) is 60.7 cm³/mol. The van der Waals surface area contributed by atoms with Gasteiger partial charge in [0.05, 0.1) is 19.8 Å². The zero-order chi connectivity index (χ0) is 12.0. The maximum absolute atomic E-state index is 11.4. The van der Waals surface area contributed by atoms with Crippen molar-refractivity contribution in [1.82, 2.24) is 9.97 Å². The third-order valence-electron chi connectivity index (χ3n) is 2.36. The molecule has 0 fully saturated rings. The van der Waals surface area contributed by atoms with E-state index in [4.69, 9.17) is 9.47 Å². The van der Waals surface area contributed by atoms with Gasteiger partial charge in [-0.25, -0.2) is 4.98 Å². The van der Waals surface area contributed by atoms with Crippen molar-refractivity contribution in [2.75, 3.05) is 26.9 Å². The molecule has 0 saturated carbocycles. The summed E-state index contributed by atoms with van der Waals surface area (Å²) in [4.78, 5) is 18.5. The van der Waals surface area contributed by atoms with E-state index in [-0.39, 0.29) is 5.56 Å². The van der Waals surface area contributed by atoms with Crippen molar-refractivity contribution in [1.29, 1.82) is 0 Å². The average molecular weight is 226 g/mol. The molecule has 0 bridgehead atoms. The lowest BCUT2D eigenvalue weighted by Gasteiger charge is -2.05. The SMILES string of the molecule is COCCOCCc1nc(C)c(C)c(=O)[nH]1. The fourth-order valence-electron chi connectivity index (χ4n) is 1.23. The topological polar surface area (TPSA) is 64.2 Å². The highest BCUT2D eigenvalue weighted by atomic mass is 16.5. The second kappa shape index (κ2) is 6.40. The molecule has 1 rings (SSSR count). The molecule has 0 atom stereocenters. The Bertz CT molecular complexity index is 387. The van der Waals surface area contributed by atoms with Crippen LogP contribution in [0.25, 0.3) is 0 Å². The Balaban J connectivity index is 2.46. The number of aryl methyl sites for hydroxylation is 1. The van der Waals surface area contributed by atoms with E-state index in [9.17, 15) is 4.79 Å². The van der Waals surface area contributed by atoms with Crippen molar-refractivity contribution in [3.8, 4) is 0 Å². The normalized spacial score (nSPS) is 10.7. The average Bonchev–Trinajstić information content (AvgIpc) is 2.25. The molecule has 16 heavy (non-hydrogen) atoms. The van der Waals surface area contributed by atoms with Gasteiger partial charge in [0.2, 0.25) is 0 Å². The van der Waals surface area contributed by atoms with Crippen LogP contribution in [-0.2, 0) is 15.9 Å². The summed E-state index contributed by atoms with van der Waals surface area (Å²) in [6.07, 6.45) is 0.611. The summed E-state index contributed by atoms with van der Waals surface area (Å²) in [5, 5.41) is 0. The van der Waals surface area contributed by atoms with Gasteiger partial charge in [-0.05, 0) is 13.8 Å². The molecule has 90 valence electrons. The molecular formula is C11H18N2O3. The number of methoxy groups -OCH3 is 1. The summed E-state index contributed by atoms with van der Waals surface area (Å²) >= 11 is 0. The summed E-state index contributed by atoms with van der Waals surface area (Å²) in [6.45, 7) is 5.27. The number of aromatic nitrogens is 2. The predicted octanol–water partition coefficient (Wildman–Crippen LogP) is 0.592. The zero-order valence-electron chi connectivity index (χ0n) is 10.0. The Hall–Kier alpha value is -1.20. The highest BCUT2D eigenvalue weighted by molar-refractivity contribution is 5.13. The maximum atomic E-state index is 11.4. The Labute approximate surface area is 94.8 Å². The van der Waals surface area contributed by atoms with Gasteiger partial charge in [-0.15, -0.1) is 0 Å². The van der Waals surface area contributed by atoms with Crippen LogP contribution < -0.4 is 5.56 Å². The monoisotopic (exact) mass is 226 g/mol. The van der Waals surface area contributed by atoms with Gasteiger partial charge in [0.1, 0.15) is 5.82 Å². The molecule has 1 aromatic rings. The fourth-order valence-corrected chi connectivity index (χ4v) is 1.23. The summed E-state index contributed by atoms with van der Waals surface area (Å²) in [5.41, 5.74) is 1.37. The quantitative estimate of drug-likeness (QED) is 0.721. The van der Waals surface area contributed by atoms with Gasteiger partial charge in [-0.3, -0.25) is 4.79 Å². The molecule has 0 aliphatic heterocycles. The number of nitrogens with zero attached hydrogens (tertiary/aromatic N) is 1. The molecule has 0 aliphatic carbocycles. The number of H-pyrrole nitrogens is 1. The number of hydrogen-bond acceptors (Lipinski definition) is 4. The lowest BCUT2D eigenvalue weighted by molar-refractivity contribution is 0.0716. The lowest BCUT2D eigenvalue weighted by Crippen LogP contribution is -2.17. The molecule has 0 spiro atoms. The minimum absolute atomic E-state index is 0.0700. The first kappa shape index (κ1) is 12.9. The van der Waals surface area contributed by atoms with Crippen LogP contribution in [0.5, 0.6) is 0 Å². The maximum Gasteiger partial charge on any atom is 0.254 e. The van der Waals surface area contributed by atoms with Crippen molar-refractivity contribution in [3.63, 3.8) is 0 Å². The first-order valence-corrected chi connectivity index (χ1v) is 5.28. The van der Waals surface area contributed by atoms with E-state index in [0.717, 1.165) is 5.69 Å². The Morgan fingerprint density at radius 1 is 1.25 bits per heavy atom. The highest BCUT2D eigenvalue weighted by Gasteiger charge is 2.03. The van der Waals surface area contributed by atoms with Crippen molar-refractivity contribution in [3.05, 3.63) is 27.4 Å². The minimum Gasteiger partial charge on any atom is -0.382 e. The number of ether oxygens (including phenoxy) is 2. The second-order valence-electron chi connectivity index (χ2n) is 3.58. The molecule has 0 unspecified atom stereocenters. The minimum atomic E-state index is -0.0700. The molecule has 0 radical (unpaired) electrons. The van der Waals surface area contributed by atoms with Gasteiger partial charge in [-0.2, -0.15) is 0 Å². The van der Waals surface area contributed by atoms with Crippen LogP contribution in [0.4, 0.5) is 0 Å². The number of aromatic amines is 1. The van der Waals surface area contributed by atoms with Gasteiger partial charge in [-0.1, -0.05) is 0 Å². The van der Waals surface area contributed by atoms with Crippen LogP contribution in [0.15, 0.2) is 4.79 Å². The molecule has 0 aliphatic rings. The first-order chi connectivity index (χ1) is 7.65. The zero-order valence-corrected chi connectivity index (χ0v) is 10.0. The molecule has 5 nitrogen and oxygen atoms in total. The van der Waals surface area contributed by atoms with Crippen molar-refractivity contribution in [2.24, 2.45) is 0 Å². The smallest absolute Gasteiger partial charge is 0.254 e. The van der Waals surface area contributed by atoms with Gasteiger partial charge in [0.15, 0.2) is 0 Å². The summed E-state index contributed by atoms with van der Waals surface area (Å²) in [6, 6.07) is 0. The molecule has 5 heteroatoms. The van der Waals surface area contributed by atoms with Crippen molar-refractivity contribution < 1.29 is 9.47 Å². The third-order valence-corrected chi connectivity index (χ3v) is 2.36. The van der Waals surface area contributed by atoms with Gasteiger partial charge >= 0.3 is 0 Å². The van der Waals surface area contributed by atoms with Gasteiger partial charge < -0.3 is 14.5 Å². The van der Waals surface area contributed by atoms with Crippen LogP contribution in [0.1, 0.15) is 17.1 Å². The van der Waals surface area contributed by atoms with Gasteiger partial charge in [0, 0.05) is 24.8 Å². The van der Waals surface area contributed by atoms with Crippen LogP contribution in [-0.4, -0.2) is 36.9 Å². The highest BCUT2D eigenvalue weighted by Crippen LogP contribution is 1.97. The molecular weight excluding hydrogens is 208 g/mol. The molecule has 0 aromatic carbocycles. The Kier molecular flexibility index (Phi) is 5.14. The van der Waals surface area contributed by atoms with E-state index in [1.165, 1.54) is 0 Å². The van der Waals surface area contributed by atoms with E-state index < -0.39 is 0 Å². The molecule has 1 N–H and O–H groups in total. The molecule has 1 heterocycles. The standard InChI is InChI=1S/C11H18N2O3/c1-8-9(2)12-10(13-11(8)14)4-5-16-7-6-15-3/h4-7H2,1-3H3,(H,12,13,14). The lowest BCUT2D eigenvalue weighted by atomic mass is 10.2. The van der Waals surface area contributed by atoms with E-state index >= 15 is 0 Å². The summed E-state index contributed by atoms with van der Waals surface area (Å²) in [7, 11) is 1.63. The summed E-state index contributed by atoms with van der Waals surface area (Å²) < 4.78 is 10.2. The summed E-state index contributed by atoms with van der Waals surface area (Å²) in [5.74, 6) is 0.672. The molecule has 0 saturated heterocycles.